The SMILES string of the molecule is C#CCO[SiH](OC)c1ccccc1C. The summed E-state index contributed by atoms with van der Waals surface area (Å²) in [4.78, 5) is 0. The van der Waals surface area contributed by atoms with Gasteiger partial charge in [-0.2, -0.15) is 0 Å². The van der Waals surface area contributed by atoms with E-state index in [-0.39, 0.29) is 0 Å². The van der Waals surface area contributed by atoms with Crippen LogP contribution in [-0.2, 0) is 8.85 Å². The van der Waals surface area contributed by atoms with Gasteiger partial charge in [0.05, 0.1) is 6.61 Å². The van der Waals surface area contributed by atoms with Gasteiger partial charge in [0.15, 0.2) is 0 Å². The molecule has 0 aliphatic rings. The van der Waals surface area contributed by atoms with Crippen molar-refractivity contribution in [1.82, 2.24) is 0 Å². The number of aryl methyl sites for hydroxylation is 1. The van der Waals surface area contributed by atoms with Gasteiger partial charge in [-0.15, -0.1) is 6.42 Å². The zero-order valence-electron chi connectivity index (χ0n) is 8.49. The lowest BCUT2D eigenvalue weighted by Gasteiger charge is -2.14. The Kier molecular flexibility index (Phi) is 4.40. The highest BCUT2D eigenvalue weighted by Gasteiger charge is 2.15. The molecule has 0 fully saturated rings. The first kappa shape index (κ1) is 11.0. The molecule has 1 rings (SSSR count). The van der Waals surface area contributed by atoms with Crippen LogP contribution in [0.4, 0.5) is 0 Å². The van der Waals surface area contributed by atoms with Crippen LogP contribution in [0.25, 0.3) is 0 Å². The van der Waals surface area contributed by atoms with Crippen LogP contribution >= 0.6 is 0 Å². The summed E-state index contributed by atoms with van der Waals surface area (Å²) in [6.07, 6.45) is 5.14. The predicted molar refractivity (Wildman–Crippen MR) is 59.8 cm³/mol. The molecule has 0 saturated carbocycles. The van der Waals surface area contributed by atoms with Gasteiger partial charge in [0.2, 0.25) is 0 Å². The molecule has 0 aliphatic heterocycles. The summed E-state index contributed by atoms with van der Waals surface area (Å²) in [7, 11) is -0.104. The number of hydrogen-bond donors (Lipinski definition) is 0. The van der Waals surface area contributed by atoms with Crippen LogP contribution in [-0.4, -0.2) is 23.0 Å². The third kappa shape index (κ3) is 2.71. The van der Waals surface area contributed by atoms with Gasteiger partial charge < -0.3 is 8.85 Å². The minimum atomic E-state index is -1.77. The maximum atomic E-state index is 5.49. The number of hydrogen-bond acceptors (Lipinski definition) is 2. The van der Waals surface area contributed by atoms with Crippen molar-refractivity contribution in [3.8, 4) is 12.3 Å². The first-order valence-electron chi connectivity index (χ1n) is 4.43. The quantitative estimate of drug-likeness (QED) is 0.534. The van der Waals surface area contributed by atoms with Gasteiger partial charge in [0.1, 0.15) is 0 Å². The van der Waals surface area contributed by atoms with Crippen LogP contribution < -0.4 is 5.19 Å². The molecule has 0 bridgehead atoms. The van der Waals surface area contributed by atoms with Gasteiger partial charge in [-0.05, 0) is 17.7 Å². The smallest absolute Gasteiger partial charge is 0.356 e. The summed E-state index contributed by atoms with van der Waals surface area (Å²) in [5.74, 6) is 2.45. The van der Waals surface area contributed by atoms with Gasteiger partial charge in [-0.25, -0.2) is 0 Å². The van der Waals surface area contributed by atoms with E-state index in [1.807, 2.05) is 31.2 Å². The average Bonchev–Trinajstić information content (AvgIpc) is 2.21. The zero-order valence-corrected chi connectivity index (χ0v) is 9.64. The van der Waals surface area contributed by atoms with E-state index in [1.165, 1.54) is 5.56 Å². The summed E-state index contributed by atoms with van der Waals surface area (Å²) in [6, 6.07) is 8.07. The third-order valence-electron chi connectivity index (χ3n) is 1.97. The van der Waals surface area contributed by atoms with E-state index in [0.717, 1.165) is 5.19 Å². The first-order chi connectivity index (χ1) is 6.79. The molecule has 0 aromatic heterocycles. The average molecular weight is 206 g/mol. The highest BCUT2D eigenvalue weighted by atomic mass is 28.3. The number of benzene rings is 1. The molecule has 1 aromatic rings. The van der Waals surface area contributed by atoms with E-state index in [9.17, 15) is 0 Å². The van der Waals surface area contributed by atoms with Crippen molar-refractivity contribution in [1.29, 1.82) is 0 Å². The lowest BCUT2D eigenvalue weighted by Crippen LogP contribution is -2.37. The Hall–Kier alpha value is -1.08. The van der Waals surface area contributed by atoms with Gasteiger partial charge >= 0.3 is 9.28 Å². The zero-order chi connectivity index (χ0) is 10.4. The number of rotatable bonds is 4. The maximum absolute atomic E-state index is 5.49. The minimum absolute atomic E-state index is 0.319. The largest absolute Gasteiger partial charge is 0.397 e. The second kappa shape index (κ2) is 5.61. The van der Waals surface area contributed by atoms with Crippen LogP contribution in [0.3, 0.4) is 0 Å². The van der Waals surface area contributed by atoms with Crippen LogP contribution in [0.5, 0.6) is 0 Å². The standard InChI is InChI=1S/C11H14O2Si/c1-4-9-13-14(12-3)11-8-6-5-7-10(11)2/h1,5-8,14H,9H2,2-3H3. The van der Waals surface area contributed by atoms with Crippen LogP contribution in [0.15, 0.2) is 24.3 Å². The Morgan fingerprint density at radius 3 is 2.71 bits per heavy atom. The van der Waals surface area contributed by atoms with Crippen molar-refractivity contribution in [3.63, 3.8) is 0 Å². The minimum Gasteiger partial charge on any atom is -0.397 e. The van der Waals surface area contributed by atoms with E-state index in [4.69, 9.17) is 15.3 Å². The van der Waals surface area contributed by atoms with Crippen molar-refractivity contribution in [3.05, 3.63) is 29.8 Å². The molecular weight excluding hydrogens is 192 g/mol. The Labute approximate surface area is 86.7 Å². The fourth-order valence-electron chi connectivity index (χ4n) is 1.26. The van der Waals surface area contributed by atoms with Crippen molar-refractivity contribution in [2.75, 3.05) is 13.7 Å². The molecule has 0 spiro atoms. The van der Waals surface area contributed by atoms with Gasteiger partial charge in [-0.1, -0.05) is 30.2 Å². The van der Waals surface area contributed by atoms with Crippen molar-refractivity contribution in [2.45, 2.75) is 6.92 Å². The molecular formula is C11H14O2Si. The Balaban J connectivity index is 2.79. The van der Waals surface area contributed by atoms with E-state index in [2.05, 4.69) is 5.92 Å². The lowest BCUT2D eigenvalue weighted by atomic mass is 10.2. The first-order valence-corrected chi connectivity index (χ1v) is 5.95. The second-order valence-corrected chi connectivity index (χ2v) is 5.03. The monoisotopic (exact) mass is 206 g/mol. The predicted octanol–water partition coefficient (Wildman–Crippen LogP) is 0.719. The fourth-order valence-corrected chi connectivity index (χ4v) is 2.81. The molecule has 0 amide bonds. The highest BCUT2D eigenvalue weighted by molar-refractivity contribution is 6.61. The van der Waals surface area contributed by atoms with Crippen LogP contribution in [0.1, 0.15) is 5.56 Å². The molecule has 14 heavy (non-hydrogen) atoms. The molecule has 74 valence electrons. The number of terminal acetylenes is 1. The van der Waals surface area contributed by atoms with E-state index in [0.29, 0.717) is 6.61 Å². The Morgan fingerprint density at radius 1 is 1.43 bits per heavy atom. The molecule has 3 heteroatoms. The molecule has 1 unspecified atom stereocenters. The Bertz CT molecular complexity index is 330. The van der Waals surface area contributed by atoms with Gasteiger partial charge in [0.25, 0.3) is 0 Å². The topological polar surface area (TPSA) is 18.5 Å². The van der Waals surface area contributed by atoms with Crippen molar-refractivity contribution in [2.24, 2.45) is 0 Å². The fraction of sp³-hybridized carbons (Fsp3) is 0.273. The Morgan fingerprint density at radius 2 is 2.14 bits per heavy atom. The molecule has 0 radical (unpaired) electrons. The van der Waals surface area contributed by atoms with E-state index >= 15 is 0 Å². The molecule has 1 aromatic carbocycles. The molecule has 1 atom stereocenters. The summed E-state index contributed by atoms with van der Waals surface area (Å²) in [5.41, 5.74) is 1.20. The van der Waals surface area contributed by atoms with Crippen molar-refractivity contribution < 1.29 is 8.85 Å². The summed E-state index contributed by atoms with van der Waals surface area (Å²) >= 11 is 0. The van der Waals surface area contributed by atoms with E-state index < -0.39 is 9.28 Å². The highest BCUT2D eigenvalue weighted by Crippen LogP contribution is 1.98. The van der Waals surface area contributed by atoms with Gasteiger partial charge in [0, 0.05) is 7.11 Å². The van der Waals surface area contributed by atoms with Crippen LogP contribution in [0.2, 0.25) is 0 Å². The third-order valence-corrected chi connectivity index (χ3v) is 4.03. The molecule has 0 heterocycles. The summed E-state index contributed by atoms with van der Waals surface area (Å²) < 4.78 is 10.8. The van der Waals surface area contributed by atoms with Gasteiger partial charge in [-0.3, -0.25) is 0 Å². The lowest BCUT2D eigenvalue weighted by molar-refractivity contribution is 0.269. The summed E-state index contributed by atoms with van der Waals surface area (Å²) in [5, 5.41) is 1.16. The molecule has 2 nitrogen and oxygen atoms in total. The maximum Gasteiger partial charge on any atom is 0.356 e. The normalized spacial score (nSPS) is 12.1. The molecule has 0 saturated heterocycles. The second-order valence-electron chi connectivity index (χ2n) is 2.94. The summed E-state index contributed by atoms with van der Waals surface area (Å²) in [6.45, 7) is 2.37. The van der Waals surface area contributed by atoms with E-state index in [1.54, 1.807) is 7.11 Å². The molecule has 0 N–H and O–H groups in total. The molecule has 0 aliphatic carbocycles. The van der Waals surface area contributed by atoms with Crippen molar-refractivity contribution >= 4 is 14.5 Å². The van der Waals surface area contributed by atoms with Crippen LogP contribution in [0, 0.1) is 19.3 Å².